The van der Waals surface area contributed by atoms with Crippen molar-refractivity contribution in [3.05, 3.63) is 75.7 Å². The molecule has 154 valence electrons. The third kappa shape index (κ3) is 4.17. The first-order chi connectivity index (χ1) is 15.0. The van der Waals surface area contributed by atoms with E-state index in [1.807, 2.05) is 42.6 Å². The van der Waals surface area contributed by atoms with Crippen LogP contribution < -0.4 is 10.9 Å². The van der Waals surface area contributed by atoms with Crippen LogP contribution in [0.15, 0.2) is 59.0 Å². The number of hydrogen-bond acceptors (Lipinski definition) is 6. The fourth-order valence-electron chi connectivity index (χ4n) is 3.21. The molecule has 0 saturated carbocycles. The number of nitrogens with zero attached hydrogens (tertiary/aromatic N) is 3. The first-order valence-electron chi connectivity index (χ1n) is 9.53. The van der Waals surface area contributed by atoms with Crippen molar-refractivity contribution >= 4 is 33.1 Å². The molecule has 0 atom stereocenters. The summed E-state index contributed by atoms with van der Waals surface area (Å²) in [5, 5.41) is 23.9. The number of nitrogens with one attached hydrogen (secondary N) is 1. The maximum atomic E-state index is 13.1. The van der Waals surface area contributed by atoms with Gasteiger partial charge in [-0.1, -0.05) is 29.8 Å². The Balaban J connectivity index is 1.55. The van der Waals surface area contributed by atoms with Gasteiger partial charge < -0.3 is 10.4 Å². The molecule has 7 nitrogen and oxygen atoms in total. The van der Waals surface area contributed by atoms with Gasteiger partial charge in [0.15, 0.2) is 0 Å². The van der Waals surface area contributed by atoms with E-state index >= 15 is 0 Å². The third-order valence-electron chi connectivity index (χ3n) is 4.90. The average molecular weight is 430 g/mol. The summed E-state index contributed by atoms with van der Waals surface area (Å²) in [7, 11) is 0. The van der Waals surface area contributed by atoms with Crippen LogP contribution in [0.25, 0.3) is 21.3 Å². The molecule has 2 aromatic carbocycles. The van der Waals surface area contributed by atoms with Gasteiger partial charge in [-0.2, -0.15) is 5.26 Å². The minimum atomic E-state index is -0.388. The van der Waals surface area contributed by atoms with Gasteiger partial charge in [-0.25, -0.2) is 4.98 Å². The molecule has 0 unspecified atom stereocenters. The highest BCUT2D eigenvalue weighted by Crippen LogP contribution is 2.30. The summed E-state index contributed by atoms with van der Waals surface area (Å²) in [4.78, 5) is 30.5. The molecule has 0 fully saturated rings. The number of phenols is 1. The van der Waals surface area contributed by atoms with Crippen LogP contribution in [0.4, 0.5) is 5.69 Å². The number of carbonyl (C=O) groups is 1. The monoisotopic (exact) mass is 430 g/mol. The topological polar surface area (TPSA) is 108 Å². The Bertz CT molecular complexity index is 1380. The molecule has 0 radical (unpaired) electrons. The van der Waals surface area contributed by atoms with Crippen LogP contribution in [0.5, 0.6) is 5.75 Å². The highest BCUT2D eigenvalue weighted by Gasteiger charge is 2.14. The van der Waals surface area contributed by atoms with E-state index in [-0.39, 0.29) is 35.9 Å². The molecule has 2 heterocycles. The van der Waals surface area contributed by atoms with Crippen molar-refractivity contribution in [1.82, 2.24) is 9.55 Å². The third-order valence-corrected chi connectivity index (χ3v) is 5.79. The minimum Gasteiger partial charge on any atom is -0.506 e. The zero-order valence-corrected chi connectivity index (χ0v) is 17.4. The lowest BCUT2D eigenvalue weighted by atomic mass is 10.1. The molecule has 1 amide bonds. The number of phenolic OH excluding ortho intramolecular Hbond substituents is 1. The van der Waals surface area contributed by atoms with E-state index in [2.05, 4.69) is 10.3 Å². The number of fused-ring (bicyclic) bond motifs is 1. The number of aromatic hydroxyl groups is 1. The van der Waals surface area contributed by atoms with Gasteiger partial charge in [-0.05, 0) is 30.7 Å². The number of thiophene rings is 1. The molecule has 0 spiro atoms. The van der Waals surface area contributed by atoms with E-state index in [4.69, 9.17) is 5.26 Å². The Hall–Kier alpha value is -3.96. The zero-order valence-electron chi connectivity index (χ0n) is 16.6. The fraction of sp³-hybridized carbons (Fsp3) is 0.130. The van der Waals surface area contributed by atoms with Crippen LogP contribution in [0.2, 0.25) is 0 Å². The van der Waals surface area contributed by atoms with E-state index in [0.29, 0.717) is 15.8 Å². The summed E-state index contributed by atoms with van der Waals surface area (Å²) >= 11 is 1.41. The quantitative estimate of drug-likeness (QED) is 0.465. The number of aryl methyl sites for hydroxylation is 2. The largest absolute Gasteiger partial charge is 0.506 e. The van der Waals surface area contributed by atoms with Crippen molar-refractivity contribution in [2.24, 2.45) is 0 Å². The van der Waals surface area contributed by atoms with E-state index in [1.54, 1.807) is 0 Å². The van der Waals surface area contributed by atoms with Gasteiger partial charge in [0.1, 0.15) is 10.6 Å². The van der Waals surface area contributed by atoms with Crippen LogP contribution in [0, 0.1) is 18.3 Å². The second-order valence-corrected chi connectivity index (χ2v) is 7.94. The molecule has 2 N–H and O–H groups in total. The zero-order chi connectivity index (χ0) is 22.0. The van der Waals surface area contributed by atoms with Crippen molar-refractivity contribution in [3.63, 3.8) is 0 Å². The highest BCUT2D eigenvalue weighted by atomic mass is 32.1. The predicted octanol–water partition coefficient (Wildman–Crippen LogP) is 4.04. The van der Waals surface area contributed by atoms with Gasteiger partial charge in [0, 0.05) is 23.9 Å². The smallest absolute Gasteiger partial charge is 0.262 e. The van der Waals surface area contributed by atoms with Crippen molar-refractivity contribution in [1.29, 1.82) is 5.26 Å². The Morgan fingerprint density at radius 3 is 2.77 bits per heavy atom. The second-order valence-electron chi connectivity index (χ2n) is 7.08. The SMILES string of the molecule is Cc1ccc(-c2csc3ncn(CCC(=O)Nc4cc(C#N)ccc4O)c(=O)c23)cc1. The highest BCUT2D eigenvalue weighted by molar-refractivity contribution is 7.17. The Labute approximate surface area is 181 Å². The minimum absolute atomic E-state index is 0.00726. The van der Waals surface area contributed by atoms with Gasteiger partial charge in [0.05, 0.1) is 29.0 Å². The van der Waals surface area contributed by atoms with Gasteiger partial charge in [-0.15, -0.1) is 11.3 Å². The predicted molar refractivity (Wildman–Crippen MR) is 120 cm³/mol. The molecule has 0 saturated heterocycles. The summed E-state index contributed by atoms with van der Waals surface area (Å²) in [6.07, 6.45) is 1.45. The van der Waals surface area contributed by atoms with Gasteiger partial charge in [0.2, 0.25) is 5.91 Å². The Morgan fingerprint density at radius 2 is 2.03 bits per heavy atom. The summed E-state index contributed by atoms with van der Waals surface area (Å²) < 4.78 is 1.41. The Morgan fingerprint density at radius 1 is 1.26 bits per heavy atom. The van der Waals surface area contributed by atoms with Crippen molar-refractivity contribution < 1.29 is 9.90 Å². The molecule has 0 aliphatic rings. The van der Waals surface area contributed by atoms with Gasteiger partial charge >= 0.3 is 0 Å². The molecule has 2 aromatic heterocycles. The number of aromatic nitrogens is 2. The van der Waals surface area contributed by atoms with Crippen molar-refractivity contribution in [2.75, 3.05) is 5.32 Å². The number of rotatable bonds is 5. The normalized spacial score (nSPS) is 10.7. The molecular formula is C23H18N4O3S. The van der Waals surface area contributed by atoms with Gasteiger partial charge in [-0.3, -0.25) is 14.2 Å². The summed E-state index contributed by atoms with van der Waals surface area (Å²) in [5.74, 6) is -0.518. The maximum Gasteiger partial charge on any atom is 0.262 e. The summed E-state index contributed by atoms with van der Waals surface area (Å²) in [5.41, 5.74) is 3.18. The maximum absolute atomic E-state index is 13.1. The van der Waals surface area contributed by atoms with E-state index in [0.717, 1.165) is 16.7 Å². The van der Waals surface area contributed by atoms with Crippen LogP contribution in [-0.2, 0) is 11.3 Å². The van der Waals surface area contributed by atoms with Crippen LogP contribution in [-0.4, -0.2) is 20.6 Å². The van der Waals surface area contributed by atoms with Gasteiger partial charge in [0.25, 0.3) is 5.56 Å². The Kier molecular flexibility index (Phi) is 5.52. The number of anilines is 1. The molecule has 31 heavy (non-hydrogen) atoms. The molecule has 8 heteroatoms. The first kappa shape index (κ1) is 20.3. The number of nitriles is 1. The molecule has 4 aromatic rings. The van der Waals surface area contributed by atoms with E-state index in [1.165, 1.54) is 40.4 Å². The molecule has 4 rings (SSSR count). The van der Waals surface area contributed by atoms with E-state index < -0.39 is 0 Å². The molecule has 0 bridgehead atoms. The number of benzene rings is 2. The van der Waals surface area contributed by atoms with Crippen molar-refractivity contribution in [3.8, 4) is 22.9 Å². The lowest BCUT2D eigenvalue weighted by Crippen LogP contribution is -2.23. The molecular weight excluding hydrogens is 412 g/mol. The standard InChI is InChI=1S/C23H18N4O3S/c1-14-2-5-16(6-3-14)17-12-31-22-21(17)23(30)27(13-25-22)9-8-20(29)26-18-10-15(11-24)4-7-19(18)28/h2-7,10,12-13,28H,8-9H2,1H3,(H,26,29). The average Bonchev–Trinajstić information content (AvgIpc) is 3.20. The molecule has 0 aliphatic heterocycles. The lowest BCUT2D eigenvalue weighted by Gasteiger charge is -2.09. The number of hydrogen-bond donors (Lipinski definition) is 2. The van der Waals surface area contributed by atoms with Crippen LogP contribution in [0.3, 0.4) is 0 Å². The first-order valence-corrected chi connectivity index (χ1v) is 10.4. The number of carbonyl (C=O) groups excluding carboxylic acids is 1. The summed E-state index contributed by atoms with van der Waals surface area (Å²) in [6, 6.07) is 14.1. The van der Waals surface area contributed by atoms with Crippen LogP contribution in [0.1, 0.15) is 17.5 Å². The van der Waals surface area contributed by atoms with Crippen LogP contribution >= 0.6 is 11.3 Å². The van der Waals surface area contributed by atoms with Crippen molar-refractivity contribution in [2.45, 2.75) is 19.9 Å². The lowest BCUT2D eigenvalue weighted by molar-refractivity contribution is -0.116. The molecule has 0 aliphatic carbocycles. The summed E-state index contributed by atoms with van der Waals surface area (Å²) in [6.45, 7) is 2.14. The number of amides is 1. The fourth-order valence-corrected chi connectivity index (χ4v) is 4.12. The second kappa shape index (κ2) is 8.42. The van der Waals surface area contributed by atoms with E-state index in [9.17, 15) is 14.7 Å².